The summed E-state index contributed by atoms with van der Waals surface area (Å²) < 4.78 is 4.73. The third-order valence-corrected chi connectivity index (χ3v) is 3.42. The highest BCUT2D eigenvalue weighted by molar-refractivity contribution is 5.93. The van der Waals surface area contributed by atoms with Crippen molar-refractivity contribution < 1.29 is 9.53 Å². The van der Waals surface area contributed by atoms with Crippen molar-refractivity contribution in [2.45, 2.75) is 6.42 Å². The van der Waals surface area contributed by atoms with Gasteiger partial charge in [0.05, 0.1) is 18.2 Å². The third-order valence-electron chi connectivity index (χ3n) is 3.42. The molecule has 2 aromatic carbocycles. The highest BCUT2D eigenvalue weighted by atomic mass is 16.5. The van der Waals surface area contributed by atoms with Gasteiger partial charge < -0.3 is 4.74 Å². The number of fused-ring (bicyclic) bond motifs is 1. The summed E-state index contributed by atoms with van der Waals surface area (Å²) in [6, 6.07) is 18.2. The van der Waals surface area contributed by atoms with Gasteiger partial charge in [0, 0.05) is 11.6 Å². The topological polar surface area (TPSA) is 39.2 Å². The van der Waals surface area contributed by atoms with Crippen LogP contribution in [0.25, 0.3) is 10.9 Å². The van der Waals surface area contributed by atoms with Crippen LogP contribution in [0, 0.1) is 0 Å². The average Bonchev–Trinajstić information content (AvgIpc) is 2.54. The Morgan fingerprint density at radius 2 is 1.86 bits per heavy atom. The van der Waals surface area contributed by atoms with Gasteiger partial charge in [-0.25, -0.2) is 4.79 Å². The van der Waals surface area contributed by atoms with Gasteiger partial charge in [0.2, 0.25) is 0 Å². The number of esters is 1. The van der Waals surface area contributed by atoms with Gasteiger partial charge in [-0.15, -0.1) is 0 Å². The summed E-state index contributed by atoms with van der Waals surface area (Å²) in [4.78, 5) is 15.9. The number of nitrogens with zero attached hydrogens (tertiary/aromatic N) is 1. The van der Waals surface area contributed by atoms with Crippen LogP contribution < -0.4 is 0 Å². The van der Waals surface area contributed by atoms with E-state index < -0.39 is 0 Å². The number of methoxy groups -OCH3 is 1. The fraction of sp³-hybridized carbons (Fsp3) is 0.111. The summed E-state index contributed by atoms with van der Waals surface area (Å²) in [6.07, 6.45) is 2.41. The standard InChI is InChI=1S/C18H15NO2/c1-21-18(20)16-11-15-10-14(7-8-17(15)19-12-16)9-13-5-3-2-4-6-13/h2-8,10-12H,9H2,1H3. The summed E-state index contributed by atoms with van der Waals surface area (Å²) in [6.45, 7) is 0. The summed E-state index contributed by atoms with van der Waals surface area (Å²) in [5.41, 5.74) is 3.80. The first-order chi connectivity index (χ1) is 10.3. The summed E-state index contributed by atoms with van der Waals surface area (Å²) >= 11 is 0. The Morgan fingerprint density at radius 1 is 1.05 bits per heavy atom. The maximum atomic E-state index is 11.6. The van der Waals surface area contributed by atoms with Gasteiger partial charge in [-0.1, -0.05) is 36.4 Å². The Labute approximate surface area is 123 Å². The molecule has 0 N–H and O–H groups in total. The molecule has 1 heterocycles. The molecule has 0 unspecified atom stereocenters. The van der Waals surface area contributed by atoms with E-state index in [9.17, 15) is 4.79 Å². The number of benzene rings is 2. The smallest absolute Gasteiger partial charge is 0.339 e. The maximum Gasteiger partial charge on any atom is 0.339 e. The molecular weight excluding hydrogens is 262 g/mol. The van der Waals surface area contributed by atoms with Gasteiger partial charge in [-0.2, -0.15) is 0 Å². The fourth-order valence-corrected chi connectivity index (χ4v) is 2.35. The summed E-state index contributed by atoms with van der Waals surface area (Å²) in [7, 11) is 1.37. The van der Waals surface area contributed by atoms with Crippen molar-refractivity contribution in [1.82, 2.24) is 4.98 Å². The average molecular weight is 277 g/mol. The zero-order valence-electron chi connectivity index (χ0n) is 11.7. The number of hydrogen-bond acceptors (Lipinski definition) is 3. The molecule has 0 saturated carbocycles. The van der Waals surface area contributed by atoms with E-state index >= 15 is 0 Å². The molecule has 3 rings (SSSR count). The monoisotopic (exact) mass is 277 g/mol. The second-order valence-corrected chi connectivity index (χ2v) is 4.91. The summed E-state index contributed by atoms with van der Waals surface area (Å²) in [5.74, 6) is -0.363. The van der Waals surface area contributed by atoms with Gasteiger partial charge in [0.1, 0.15) is 0 Å². The lowest BCUT2D eigenvalue weighted by Crippen LogP contribution is -2.01. The van der Waals surface area contributed by atoms with Crippen LogP contribution in [0.1, 0.15) is 21.5 Å². The molecule has 3 aromatic rings. The van der Waals surface area contributed by atoms with Crippen LogP contribution in [0.2, 0.25) is 0 Å². The van der Waals surface area contributed by atoms with E-state index in [1.54, 1.807) is 6.20 Å². The molecule has 0 atom stereocenters. The normalized spacial score (nSPS) is 10.5. The lowest BCUT2D eigenvalue weighted by Gasteiger charge is -2.05. The largest absolute Gasteiger partial charge is 0.465 e. The van der Waals surface area contributed by atoms with Crippen LogP contribution in [-0.2, 0) is 11.2 Å². The van der Waals surface area contributed by atoms with Crippen LogP contribution in [-0.4, -0.2) is 18.1 Å². The molecule has 0 amide bonds. The van der Waals surface area contributed by atoms with E-state index in [0.29, 0.717) is 5.56 Å². The van der Waals surface area contributed by atoms with Crippen molar-refractivity contribution in [2.24, 2.45) is 0 Å². The molecule has 3 nitrogen and oxygen atoms in total. The van der Waals surface area contributed by atoms with E-state index in [1.165, 1.54) is 18.2 Å². The van der Waals surface area contributed by atoms with Gasteiger partial charge in [-0.05, 0) is 35.7 Å². The summed E-state index contributed by atoms with van der Waals surface area (Å²) in [5, 5.41) is 0.950. The molecule has 0 aliphatic heterocycles. The van der Waals surface area contributed by atoms with E-state index in [1.807, 2.05) is 30.3 Å². The van der Waals surface area contributed by atoms with Crippen LogP contribution in [0.15, 0.2) is 60.8 Å². The quantitative estimate of drug-likeness (QED) is 0.686. The second kappa shape index (κ2) is 5.75. The van der Waals surface area contributed by atoms with Crippen molar-refractivity contribution >= 4 is 16.9 Å². The highest BCUT2D eigenvalue weighted by Crippen LogP contribution is 2.18. The Morgan fingerprint density at radius 3 is 2.62 bits per heavy atom. The van der Waals surface area contributed by atoms with Gasteiger partial charge in [0.25, 0.3) is 0 Å². The van der Waals surface area contributed by atoms with Crippen molar-refractivity contribution in [1.29, 1.82) is 0 Å². The highest BCUT2D eigenvalue weighted by Gasteiger charge is 2.07. The maximum absolute atomic E-state index is 11.6. The number of ether oxygens (including phenoxy) is 1. The zero-order valence-corrected chi connectivity index (χ0v) is 11.7. The van der Waals surface area contributed by atoms with Crippen molar-refractivity contribution in [3.8, 4) is 0 Å². The number of rotatable bonds is 3. The molecule has 0 aliphatic carbocycles. The molecule has 1 aromatic heterocycles. The second-order valence-electron chi connectivity index (χ2n) is 4.91. The third kappa shape index (κ3) is 2.92. The van der Waals surface area contributed by atoms with Gasteiger partial charge >= 0.3 is 5.97 Å². The minimum Gasteiger partial charge on any atom is -0.465 e. The first kappa shape index (κ1) is 13.3. The molecule has 0 aliphatic rings. The number of hydrogen-bond donors (Lipinski definition) is 0. The molecule has 0 bridgehead atoms. The lowest BCUT2D eigenvalue weighted by molar-refractivity contribution is 0.0600. The predicted molar refractivity (Wildman–Crippen MR) is 82.3 cm³/mol. The van der Waals surface area contributed by atoms with Crippen LogP contribution in [0.3, 0.4) is 0 Å². The Hall–Kier alpha value is -2.68. The first-order valence-corrected chi connectivity index (χ1v) is 6.77. The molecule has 3 heteroatoms. The minimum atomic E-state index is -0.363. The van der Waals surface area contributed by atoms with E-state index in [4.69, 9.17) is 4.74 Å². The first-order valence-electron chi connectivity index (χ1n) is 6.77. The van der Waals surface area contributed by atoms with Gasteiger partial charge in [-0.3, -0.25) is 4.98 Å². The van der Waals surface area contributed by atoms with E-state index in [2.05, 4.69) is 29.2 Å². The molecule has 0 fully saturated rings. The fourth-order valence-electron chi connectivity index (χ4n) is 2.35. The number of aromatic nitrogens is 1. The minimum absolute atomic E-state index is 0.363. The number of carbonyl (C=O) groups is 1. The van der Waals surface area contributed by atoms with Crippen molar-refractivity contribution in [3.63, 3.8) is 0 Å². The zero-order chi connectivity index (χ0) is 14.7. The molecule has 104 valence electrons. The Kier molecular flexibility index (Phi) is 3.65. The van der Waals surface area contributed by atoms with Gasteiger partial charge in [0.15, 0.2) is 0 Å². The number of carbonyl (C=O) groups excluding carboxylic acids is 1. The van der Waals surface area contributed by atoms with Crippen LogP contribution in [0.5, 0.6) is 0 Å². The molecule has 0 radical (unpaired) electrons. The number of pyridine rings is 1. The van der Waals surface area contributed by atoms with Crippen molar-refractivity contribution in [2.75, 3.05) is 7.11 Å². The predicted octanol–water partition coefficient (Wildman–Crippen LogP) is 3.61. The lowest BCUT2D eigenvalue weighted by atomic mass is 10.0. The van der Waals surface area contributed by atoms with E-state index in [-0.39, 0.29) is 5.97 Å². The molecule has 21 heavy (non-hydrogen) atoms. The van der Waals surface area contributed by atoms with Crippen LogP contribution in [0.4, 0.5) is 0 Å². The Bertz CT molecular complexity index is 782. The molecular formula is C18H15NO2. The molecule has 0 spiro atoms. The SMILES string of the molecule is COC(=O)c1cnc2ccc(Cc3ccccc3)cc2c1. The van der Waals surface area contributed by atoms with Crippen molar-refractivity contribution in [3.05, 3.63) is 77.5 Å². The van der Waals surface area contributed by atoms with Crippen LogP contribution >= 0.6 is 0 Å². The molecule has 0 saturated heterocycles. The Balaban J connectivity index is 1.96. The van der Waals surface area contributed by atoms with E-state index in [0.717, 1.165) is 17.3 Å².